The summed E-state index contributed by atoms with van der Waals surface area (Å²) in [6.07, 6.45) is 4.75. The molecule has 18 heavy (non-hydrogen) atoms. The number of hydrogen-bond donors (Lipinski definition) is 1. The average Bonchev–Trinajstić information content (AvgIpc) is 2.33. The van der Waals surface area contributed by atoms with Gasteiger partial charge in [0.25, 0.3) is 0 Å². The van der Waals surface area contributed by atoms with E-state index in [0.29, 0.717) is 0 Å². The number of unbranched alkanes of at least 4 members (excludes halogenated alkanes) is 1. The standard InChI is InChI=1S/C16H26FN/c1-4-16(14-9-7-10-15(17)12-14)18-11-6-5-8-13(2)3/h7,9-10,12-13,16,18H,4-6,8,11H2,1-3H3. The van der Waals surface area contributed by atoms with Gasteiger partial charge in [-0.25, -0.2) is 4.39 Å². The van der Waals surface area contributed by atoms with Crippen LogP contribution in [0.4, 0.5) is 4.39 Å². The first-order valence-corrected chi connectivity index (χ1v) is 7.12. The topological polar surface area (TPSA) is 12.0 Å². The molecule has 0 radical (unpaired) electrons. The Morgan fingerprint density at radius 1 is 1.22 bits per heavy atom. The molecule has 2 heteroatoms. The third kappa shape index (κ3) is 5.63. The average molecular weight is 251 g/mol. The van der Waals surface area contributed by atoms with E-state index in [0.717, 1.165) is 24.4 Å². The maximum absolute atomic E-state index is 13.2. The molecule has 0 aromatic heterocycles. The second kappa shape index (κ2) is 8.25. The fraction of sp³-hybridized carbons (Fsp3) is 0.625. The Kier molecular flexibility index (Phi) is 6.96. The van der Waals surface area contributed by atoms with Crippen LogP contribution in [0.5, 0.6) is 0 Å². The number of rotatable bonds is 8. The Morgan fingerprint density at radius 2 is 2.00 bits per heavy atom. The minimum Gasteiger partial charge on any atom is -0.310 e. The van der Waals surface area contributed by atoms with Crippen molar-refractivity contribution in [3.05, 3.63) is 35.6 Å². The van der Waals surface area contributed by atoms with E-state index in [1.807, 2.05) is 6.07 Å². The SMILES string of the molecule is CCC(NCCCCC(C)C)c1cccc(F)c1. The number of hydrogen-bond acceptors (Lipinski definition) is 1. The molecule has 0 saturated carbocycles. The Morgan fingerprint density at radius 3 is 2.61 bits per heavy atom. The quantitative estimate of drug-likeness (QED) is 0.661. The predicted octanol–water partition coefficient (Wildman–Crippen LogP) is 4.69. The summed E-state index contributed by atoms with van der Waals surface area (Å²) in [7, 11) is 0. The molecule has 0 aliphatic carbocycles. The Labute approximate surface area is 111 Å². The van der Waals surface area contributed by atoms with Crippen LogP contribution in [0.2, 0.25) is 0 Å². The summed E-state index contributed by atoms with van der Waals surface area (Å²) in [5, 5.41) is 3.52. The molecule has 1 unspecified atom stereocenters. The second-order valence-corrected chi connectivity index (χ2v) is 5.36. The lowest BCUT2D eigenvalue weighted by Crippen LogP contribution is -2.22. The zero-order valence-electron chi connectivity index (χ0n) is 11.9. The molecule has 0 saturated heterocycles. The first kappa shape index (κ1) is 15.2. The van der Waals surface area contributed by atoms with E-state index in [4.69, 9.17) is 0 Å². The third-order valence-electron chi connectivity index (χ3n) is 3.26. The van der Waals surface area contributed by atoms with Crippen LogP contribution >= 0.6 is 0 Å². The molecule has 102 valence electrons. The molecule has 0 bridgehead atoms. The van der Waals surface area contributed by atoms with Gasteiger partial charge in [0.1, 0.15) is 5.82 Å². The predicted molar refractivity (Wildman–Crippen MR) is 76.1 cm³/mol. The maximum Gasteiger partial charge on any atom is 0.123 e. The maximum atomic E-state index is 13.2. The van der Waals surface area contributed by atoms with Gasteiger partial charge in [0, 0.05) is 6.04 Å². The van der Waals surface area contributed by atoms with E-state index in [9.17, 15) is 4.39 Å². The molecular formula is C16H26FN. The van der Waals surface area contributed by atoms with Gasteiger partial charge in [-0.1, -0.05) is 45.7 Å². The number of benzene rings is 1. The Hall–Kier alpha value is -0.890. The van der Waals surface area contributed by atoms with Crippen molar-refractivity contribution in [2.75, 3.05) is 6.54 Å². The van der Waals surface area contributed by atoms with E-state index in [1.54, 1.807) is 12.1 Å². The van der Waals surface area contributed by atoms with Gasteiger partial charge in [-0.2, -0.15) is 0 Å². The monoisotopic (exact) mass is 251 g/mol. The lowest BCUT2D eigenvalue weighted by molar-refractivity contribution is 0.475. The molecule has 0 amide bonds. The van der Waals surface area contributed by atoms with E-state index in [1.165, 1.54) is 25.3 Å². The highest BCUT2D eigenvalue weighted by atomic mass is 19.1. The highest BCUT2D eigenvalue weighted by Crippen LogP contribution is 2.17. The van der Waals surface area contributed by atoms with Gasteiger partial charge in [0.2, 0.25) is 0 Å². The fourth-order valence-electron chi connectivity index (χ4n) is 2.18. The molecular weight excluding hydrogens is 225 g/mol. The molecule has 0 spiro atoms. The minimum absolute atomic E-state index is 0.146. The van der Waals surface area contributed by atoms with Crippen LogP contribution in [0.25, 0.3) is 0 Å². The van der Waals surface area contributed by atoms with Crippen molar-refractivity contribution in [2.45, 2.75) is 52.5 Å². The summed E-state index contributed by atoms with van der Waals surface area (Å²) in [5.74, 6) is 0.641. The summed E-state index contributed by atoms with van der Waals surface area (Å²) in [5.41, 5.74) is 1.06. The molecule has 0 fully saturated rings. The van der Waals surface area contributed by atoms with Gasteiger partial charge >= 0.3 is 0 Å². The van der Waals surface area contributed by atoms with Crippen molar-refractivity contribution in [1.82, 2.24) is 5.32 Å². The lowest BCUT2D eigenvalue weighted by Gasteiger charge is -2.17. The molecule has 1 aromatic carbocycles. The molecule has 1 atom stereocenters. The van der Waals surface area contributed by atoms with Crippen molar-refractivity contribution >= 4 is 0 Å². The second-order valence-electron chi connectivity index (χ2n) is 5.36. The van der Waals surface area contributed by atoms with Crippen molar-refractivity contribution < 1.29 is 4.39 Å². The lowest BCUT2D eigenvalue weighted by atomic mass is 10.0. The fourth-order valence-corrected chi connectivity index (χ4v) is 2.18. The molecule has 0 aliphatic rings. The minimum atomic E-state index is -0.146. The van der Waals surface area contributed by atoms with E-state index in [-0.39, 0.29) is 11.9 Å². The van der Waals surface area contributed by atoms with E-state index < -0.39 is 0 Å². The van der Waals surface area contributed by atoms with Gasteiger partial charge in [0.15, 0.2) is 0 Å². The van der Waals surface area contributed by atoms with Crippen LogP contribution in [-0.4, -0.2) is 6.54 Å². The van der Waals surface area contributed by atoms with Crippen molar-refractivity contribution in [2.24, 2.45) is 5.92 Å². The van der Waals surface area contributed by atoms with Crippen molar-refractivity contribution in [3.8, 4) is 0 Å². The smallest absolute Gasteiger partial charge is 0.123 e. The highest BCUT2D eigenvalue weighted by Gasteiger charge is 2.08. The zero-order chi connectivity index (χ0) is 13.4. The molecule has 1 rings (SSSR count). The van der Waals surface area contributed by atoms with Gasteiger partial charge in [-0.15, -0.1) is 0 Å². The van der Waals surface area contributed by atoms with Gasteiger partial charge in [-0.05, 0) is 43.0 Å². The molecule has 1 aromatic rings. The Balaban J connectivity index is 2.34. The van der Waals surface area contributed by atoms with Crippen molar-refractivity contribution in [1.29, 1.82) is 0 Å². The largest absolute Gasteiger partial charge is 0.310 e. The van der Waals surface area contributed by atoms with E-state index >= 15 is 0 Å². The first-order valence-electron chi connectivity index (χ1n) is 7.12. The van der Waals surface area contributed by atoms with Crippen LogP contribution in [0.3, 0.4) is 0 Å². The van der Waals surface area contributed by atoms with Gasteiger partial charge in [0.05, 0.1) is 0 Å². The number of nitrogens with one attached hydrogen (secondary N) is 1. The normalized spacial score (nSPS) is 12.9. The van der Waals surface area contributed by atoms with Crippen LogP contribution in [0.1, 0.15) is 58.1 Å². The van der Waals surface area contributed by atoms with Gasteiger partial charge in [-0.3, -0.25) is 0 Å². The molecule has 0 aliphatic heterocycles. The van der Waals surface area contributed by atoms with Crippen LogP contribution < -0.4 is 5.32 Å². The van der Waals surface area contributed by atoms with Gasteiger partial charge < -0.3 is 5.32 Å². The highest BCUT2D eigenvalue weighted by molar-refractivity contribution is 5.19. The molecule has 0 heterocycles. The van der Waals surface area contributed by atoms with Crippen LogP contribution in [0.15, 0.2) is 24.3 Å². The zero-order valence-corrected chi connectivity index (χ0v) is 11.9. The molecule has 1 nitrogen and oxygen atoms in total. The summed E-state index contributed by atoms with van der Waals surface area (Å²) >= 11 is 0. The van der Waals surface area contributed by atoms with Crippen molar-refractivity contribution in [3.63, 3.8) is 0 Å². The first-order chi connectivity index (χ1) is 8.63. The van der Waals surface area contributed by atoms with E-state index in [2.05, 4.69) is 26.1 Å². The summed E-state index contributed by atoms with van der Waals surface area (Å²) in [6.45, 7) is 7.67. The summed E-state index contributed by atoms with van der Waals surface area (Å²) < 4.78 is 13.2. The third-order valence-corrected chi connectivity index (χ3v) is 3.26. The summed E-state index contributed by atoms with van der Waals surface area (Å²) in [4.78, 5) is 0. The van der Waals surface area contributed by atoms with Crippen LogP contribution in [0, 0.1) is 11.7 Å². The number of halogens is 1. The summed E-state index contributed by atoms with van der Waals surface area (Å²) in [6, 6.07) is 7.19. The Bertz CT molecular complexity index is 336. The van der Waals surface area contributed by atoms with Crippen LogP contribution in [-0.2, 0) is 0 Å². The molecule has 1 N–H and O–H groups in total.